The second-order valence-corrected chi connectivity index (χ2v) is 31.7. The van der Waals surface area contributed by atoms with Crippen LogP contribution in [0.4, 0.5) is 0 Å². The van der Waals surface area contributed by atoms with Crippen molar-refractivity contribution in [2.75, 3.05) is 39.6 Å². The van der Waals surface area contributed by atoms with Crippen molar-refractivity contribution in [2.24, 2.45) is 23.7 Å². The molecule has 0 aliphatic carbocycles. The Morgan fingerprint density at radius 2 is 0.505 bits per heavy atom. The first-order chi connectivity index (χ1) is 45.7. The van der Waals surface area contributed by atoms with Gasteiger partial charge in [-0.3, -0.25) is 37.3 Å². The van der Waals surface area contributed by atoms with Crippen molar-refractivity contribution < 1.29 is 80.2 Å². The van der Waals surface area contributed by atoms with Crippen molar-refractivity contribution in [1.29, 1.82) is 0 Å². The number of ether oxygens (including phenoxy) is 4. The largest absolute Gasteiger partial charge is 0.472 e. The third kappa shape index (κ3) is 67.6. The van der Waals surface area contributed by atoms with Gasteiger partial charge in [0.1, 0.15) is 19.3 Å². The molecule has 0 aliphatic rings. The molecule has 0 spiro atoms. The maximum absolute atomic E-state index is 13.1. The van der Waals surface area contributed by atoms with E-state index in [2.05, 4.69) is 55.4 Å². The van der Waals surface area contributed by atoms with Crippen LogP contribution in [0.5, 0.6) is 0 Å². The number of rotatable bonds is 73. The molecule has 19 heteroatoms. The molecule has 0 aromatic rings. The van der Waals surface area contributed by atoms with Gasteiger partial charge in [-0.05, 0) is 49.4 Å². The third-order valence-corrected chi connectivity index (χ3v) is 20.2. The van der Waals surface area contributed by atoms with E-state index in [1.165, 1.54) is 180 Å². The van der Waals surface area contributed by atoms with Crippen molar-refractivity contribution in [2.45, 2.75) is 401 Å². The Kier molecular flexibility index (Phi) is 64.0. The van der Waals surface area contributed by atoms with Crippen LogP contribution in [0, 0.1) is 23.7 Å². The predicted octanol–water partition coefficient (Wildman–Crippen LogP) is 22.0. The lowest BCUT2D eigenvalue weighted by Gasteiger charge is -2.21. The van der Waals surface area contributed by atoms with Crippen LogP contribution < -0.4 is 0 Å². The van der Waals surface area contributed by atoms with E-state index in [1.807, 2.05) is 0 Å². The molecule has 3 N–H and O–H groups in total. The molecule has 4 unspecified atom stereocenters. The predicted molar refractivity (Wildman–Crippen MR) is 386 cm³/mol. The second-order valence-electron chi connectivity index (χ2n) is 28.8. The summed E-state index contributed by atoms with van der Waals surface area (Å²) in [6.07, 6.45) is 50.3. The van der Waals surface area contributed by atoms with Crippen LogP contribution in [0.3, 0.4) is 0 Å². The van der Waals surface area contributed by atoms with Gasteiger partial charge in [0.15, 0.2) is 12.2 Å². The summed E-state index contributed by atoms with van der Waals surface area (Å²) in [5, 5.41) is 10.6. The fourth-order valence-corrected chi connectivity index (χ4v) is 13.1. The molecule has 0 aliphatic heterocycles. The molecule has 0 amide bonds. The number of hydrogen-bond donors (Lipinski definition) is 3. The second kappa shape index (κ2) is 65.4. The zero-order chi connectivity index (χ0) is 70.3. The molecule has 0 saturated heterocycles. The summed E-state index contributed by atoms with van der Waals surface area (Å²) in [5.74, 6) is 0.915. The summed E-state index contributed by atoms with van der Waals surface area (Å²) in [6.45, 7) is 14.1. The van der Waals surface area contributed by atoms with Crippen molar-refractivity contribution >= 4 is 39.5 Å². The van der Waals surface area contributed by atoms with E-state index in [0.717, 1.165) is 114 Å². The highest BCUT2D eigenvalue weighted by Gasteiger charge is 2.30. The minimum Gasteiger partial charge on any atom is -0.462 e. The topological polar surface area (TPSA) is 237 Å². The van der Waals surface area contributed by atoms with Crippen LogP contribution in [-0.4, -0.2) is 96.7 Å². The number of unbranched alkanes of at least 4 members (excludes halogenated alkanes) is 37. The van der Waals surface area contributed by atoms with Crippen molar-refractivity contribution in [3.8, 4) is 0 Å². The van der Waals surface area contributed by atoms with Gasteiger partial charge in [-0.1, -0.05) is 331 Å². The van der Waals surface area contributed by atoms with Gasteiger partial charge >= 0.3 is 39.5 Å². The summed E-state index contributed by atoms with van der Waals surface area (Å²) in [5.41, 5.74) is 0. The number of carbonyl (C=O) groups excluding carboxylic acids is 4. The van der Waals surface area contributed by atoms with E-state index in [9.17, 15) is 43.2 Å². The van der Waals surface area contributed by atoms with Gasteiger partial charge in [-0.2, -0.15) is 0 Å². The average Bonchev–Trinajstić information content (AvgIpc) is 2.59. The van der Waals surface area contributed by atoms with Crippen LogP contribution in [0.2, 0.25) is 0 Å². The number of phosphoric ester groups is 2. The minimum absolute atomic E-state index is 0.102. The Bertz CT molecular complexity index is 1870. The van der Waals surface area contributed by atoms with Gasteiger partial charge in [0.25, 0.3) is 0 Å². The molecule has 0 aromatic carbocycles. The Balaban J connectivity index is 5.14. The molecule has 17 nitrogen and oxygen atoms in total. The third-order valence-electron chi connectivity index (χ3n) is 18.3. The lowest BCUT2D eigenvalue weighted by atomic mass is 9.99. The SMILES string of the molecule is CCC(C)CCCCCCCCCCCCCCCCCCCCC(=O)O[C@H](COC(=O)CCCCCCCCC(C)C)COP(=O)(O)OC[C@H](O)COP(=O)(O)OC[C@@H](COC(=O)CCCCCCCCCCCCCC(C)C)OC(=O)CCCCCCCCC(C)CC. The van der Waals surface area contributed by atoms with Crippen LogP contribution in [0.25, 0.3) is 0 Å². The number of aliphatic hydroxyl groups excluding tert-OH is 1. The lowest BCUT2D eigenvalue weighted by molar-refractivity contribution is -0.161. The molecule has 0 radical (unpaired) electrons. The normalized spacial score (nSPS) is 14.7. The minimum atomic E-state index is -4.96. The summed E-state index contributed by atoms with van der Waals surface area (Å²) in [7, 11) is -9.91. The zero-order valence-corrected chi connectivity index (χ0v) is 64.1. The summed E-state index contributed by atoms with van der Waals surface area (Å²) in [6, 6.07) is 0. The maximum Gasteiger partial charge on any atom is 0.472 e. The molecule has 564 valence electrons. The highest BCUT2D eigenvalue weighted by molar-refractivity contribution is 7.47. The number of aliphatic hydroxyl groups is 1. The Hall–Kier alpha value is -1.94. The molecule has 0 fully saturated rings. The van der Waals surface area contributed by atoms with E-state index in [1.54, 1.807) is 0 Å². The fourth-order valence-electron chi connectivity index (χ4n) is 11.5. The number of hydrogen-bond acceptors (Lipinski definition) is 15. The fraction of sp³-hybridized carbons (Fsp3) is 0.947. The van der Waals surface area contributed by atoms with Crippen LogP contribution >= 0.6 is 15.6 Å². The molecule has 7 atom stereocenters. The highest BCUT2D eigenvalue weighted by Crippen LogP contribution is 2.45. The smallest absolute Gasteiger partial charge is 0.462 e. The van der Waals surface area contributed by atoms with Crippen LogP contribution in [0.1, 0.15) is 383 Å². The van der Waals surface area contributed by atoms with Crippen LogP contribution in [-0.2, 0) is 65.4 Å². The van der Waals surface area contributed by atoms with Crippen molar-refractivity contribution in [3.63, 3.8) is 0 Å². The molecule has 0 heterocycles. The van der Waals surface area contributed by atoms with Gasteiger partial charge < -0.3 is 33.8 Å². The van der Waals surface area contributed by atoms with Crippen LogP contribution in [0.15, 0.2) is 0 Å². The summed E-state index contributed by atoms with van der Waals surface area (Å²) in [4.78, 5) is 72.7. The van der Waals surface area contributed by atoms with Gasteiger partial charge in [-0.25, -0.2) is 9.13 Å². The Labute approximate surface area is 581 Å². The van der Waals surface area contributed by atoms with Gasteiger partial charge in [0, 0.05) is 25.7 Å². The molecule has 95 heavy (non-hydrogen) atoms. The number of phosphoric acid groups is 2. The molecular formula is C76H148O17P2. The molecular weight excluding hydrogens is 1250 g/mol. The first kappa shape index (κ1) is 93.1. The first-order valence-electron chi connectivity index (χ1n) is 39.3. The molecule has 0 rings (SSSR count). The number of esters is 4. The lowest BCUT2D eigenvalue weighted by Crippen LogP contribution is -2.30. The van der Waals surface area contributed by atoms with Gasteiger partial charge in [-0.15, -0.1) is 0 Å². The van der Waals surface area contributed by atoms with E-state index < -0.39 is 97.5 Å². The monoisotopic (exact) mass is 1400 g/mol. The summed E-state index contributed by atoms with van der Waals surface area (Å²) < 4.78 is 68.4. The Morgan fingerprint density at radius 1 is 0.295 bits per heavy atom. The van der Waals surface area contributed by atoms with E-state index in [-0.39, 0.29) is 25.7 Å². The Morgan fingerprint density at radius 3 is 0.747 bits per heavy atom. The van der Waals surface area contributed by atoms with Crippen molar-refractivity contribution in [1.82, 2.24) is 0 Å². The zero-order valence-electron chi connectivity index (χ0n) is 62.3. The molecule has 0 bridgehead atoms. The van der Waals surface area contributed by atoms with E-state index in [4.69, 9.17) is 37.0 Å². The molecule has 0 aromatic heterocycles. The van der Waals surface area contributed by atoms with Gasteiger partial charge in [0.2, 0.25) is 0 Å². The summed E-state index contributed by atoms with van der Waals surface area (Å²) >= 11 is 0. The van der Waals surface area contributed by atoms with Crippen molar-refractivity contribution in [3.05, 3.63) is 0 Å². The van der Waals surface area contributed by atoms with Gasteiger partial charge in [0.05, 0.1) is 26.4 Å². The van der Waals surface area contributed by atoms with E-state index >= 15 is 0 Å². The average molecular weight is 1400 g/mol. The quantitative estimate of drug-likeness (QED) is 0.0222. The maximum atomic E-state index is 13.1. The molecule has 0 saturated carbocycles. The van der Waals surface area contributed by atoms with E-state index in [0.29, 0.717) is 31.6 Å². The first-order valence-corrected chi connectivity index (χ1v) is 42.3. The number of carbonyl (C=O) groups is 4. The standard InChI is InChI=1S/C76H148O17P2/c1-9-68(7)54-46-38-29-25-21-17-15-13-11-12-14-16-18-22-27-31-42-50-58-75(80)92-71(63-87-74(79)57-49-41-34-32-37-45-53-67(5)6)64-90-94(82,83)88-60-70(77)61-89-95(84,85)91-65-72(93-76(81)59-51-43-35-33-39-47-55-69(8)10-2)62-86-73(78)56-48-40-30-26-23-19-20-24-28-36-44-52-66(3)4/h66-72,77H,9-65H2,1-8H3,(H,82,83)(H,84,85)/t68?,69?,70-,71+,72+/m0/s1. The highest BCUT2D eigenvalue weighted by atomic mass is 31.2.